The van der Waals surface area contributed by atoms with Crippen LogP contribution in [0.5, 0.6) is 5.75 Å². The second-order valence-electron chi connectivity index (χ2n) is 9.15. The molecule has 208 valence electrons. The second kappa shape index (κ2) is 11.8. The number of nitrogens with one attached hydrogen (secondary N) is 3. The Kier molecular flexibility index (Phi) is 8.46. The number of H-pyrrole nitrogens is 1. The lowest BCUT2D eigenvalue weighted by atomic mass is 9.99. The third kappa shape index (κ3) is 7.62. The van der Waals surface area contributed by atoms with Gasteiger partial charge >= 0.3 is 6.36 Å². The van der Waals surface area contributed by atoms with Gasteiger partial charge in [0.25, 0.3) is 5.91 Å². The Morgan fingerprint density at radius 3 is 2.55 bits per heavy atom. The number of ether oxygens (including phenoxy) is 1. The Labute approximate surface area is 228 Å². The molecular weight excluding hydrogens is 545 g/mol. The van der Waals surface area contributed by atoms with E-state index in [0.29, 0.717) is 16.7 Å². The van der Waals surface area contributed by atoms with Crippen LogP contribution in [0.3, 0.4) is 0 Å². The molecule has 0 aliphatic carbocycles. The summed E-state index contributed by atoms with van der Waals surface area (Å²) in [4.78, 5) is 16.5. The summed E-state index contributed by atoms with van der Waals surface area (Å²) in [6, 6.07) is 19.2. The van der Waals surface area contributed by atoms with Crippen molar-refractivity contribution in [2.24, 2.45) is 0 Å². The van der Waals surface area contributed by atoms with E-state index in [1.54, 1.807) is 30.5 Å². The first-order chi connectivity index (χ1) is 18.9. The maximum Gasteiger partial charge on any atom is 0.573 e. The number of carbonyl (C=O) groups is 1. The third-order valence-electron chi connectivity index (χ3n) is 6.06. The van der Waals surface area contributed by atoms with Crippen molar-refractivity contribution < 1.29 is 31.1 Å². The number of nitriles is 1. The Bertz CT molecular complexity index is 1680. The first-order valence-corrected chi connectivity index (χ1v) is 14.0. The molecule has 3 N–H and O–H groups in total. The van der Waals surface area contributed by atoms with E-state index in [1.807, 2.05) is 30.3 Å². The minimum atomic E-state index is -5.04. The van der Waals surface area contributed by atoms with E-state index in [0.717, 1.165) is 28.8 Å². The van der Waals surface area contributed by atoms with Crippen LogP contribution in [-0.4, -0.2) is 38.0 Å². The molecule has 1 heterocycles. The fourth-order valence-corrected chi connectivity index (χ4v) is 4.72. The number of aromatic nitrogens is 1. The molecule has 0 bridgehead atoms. The van der Waals surface area contributed by atoms with Crippen LogP contribution >= 0.6 is 0 Å². The van der Waals surface area contributed by atoms with Crippen molar-refractivity contribution in [2.75, 3.05) is 6.26 Å². The van der Waals surface area contributed by atoms with Crippen LogP contribution in [0.2, 0.25) is 0 Å². The number of rotatable bonds is 10. The van der Waals surface area contributed by atoms with E-state index in [-0.39, 0.29) is 24.9 Å². The van der Waals surface area contributed by atoms with E-state index >= 15 is 0 Å². The van der Waals surface area contributed by atoms with Crippen molar-refractivity contribution in [2.45, 2.75) is 31.8 Å². The molecule has 4 aromatic rings. The Morgan fingerprint density at radius 1 is 1.07 bits per heavy atom. The fraction of sp³-hybridized carbons (Fsp3) is 0.214. The summed E-state index contributed by atoms with van der Waals surface area (Å²) in [6.07, 6.45) is -2.04. The minimum absolute atomic E-state index is 0.0129. The molecule has 8 nitrogen and oxygen atoms in total. The number of hydrogen-bond acceptors (Lipinski definition) is 5. The molecule has 0 fully saturated rings. The number of alkyl halides is 3. The highest BCUT2D eigenvalue weighted by Gasteiger charge is 2.33. The smallest absolute Gasteiger partial charge is 0.405 e. The molecule has 0 saturated carbocycles. The number of nitrogens with zero attached hydrogens (tertiary/aromatic N) is 1. The van der Waals surface area contributed by atoms with Crippen LogP contribution in [0.25, 0.3) is 22.0 Å². The number of halogens is 3. The molecule has 4 rings (SSSR count). The highest BCUT2D eigenvalue weighted by Crippen LogP contribution is 2.31. The molecule has 0 spiro atoms. The average molecular weight is 571 g/mol. The lowest BCUT2D eigenvalue weighted by molar-refractivity contribution is -0.274. The van der Waals surface area contributed by atoms with Gasteiger partial charge in [-0.05, 0) is 52.9 Å². The minimum Gasteiger partial charge on any atom is -0.405 e. The van der Waals surface area contributed by atoms with Crippen molar-refractivity contribution >= 4 is 26.8 Å². The van der Waals surface area contributed by atoms with Gasteiger partial charge in [0, 0.05) is 29.7 Å². The summed E-state index contributed by atoms with van der Waals surface area (Å²) in [5.41, 5.74) is 2.93. The zero-order valence-electron chi connectivity index (χ0n) is 21.2. The SMILES string of the molecule is CS(=O)(=O)NCc1cccc(-c2ccc(OC(F)(F)F)c(C(=O)NC(CC#N)Cc3c[nH]c4ccccc34)c2)c1. The molecule has 40 heavy (non-hydrogen) atoms. The van der Waals surface area contributed by atoms with Crippen molar-refractivity contribution in [3.05, 3.63) is 89.6 Å². The van der Waals surface area contributed by atoms with E-state index in [2.05, 4.69) is 19.8 Å². The molecule has 1 aromatic heterocycles. The Morgan fingerprint density at radius 2 is 1.82 bits per heavy atom. The summed E-state index contributed by atoms with van der Waals surface area (Å²) in [5, 5.41) is 13.0. The number of benzene rings is 3. The highest BCUT2D eigenvalue weighted by atomic mass is 32.2. The second-order valence-corrected chi connectivity index (χ2v) is 11.0. The number of hydrogen-bond donors (Lipinski definition) is 3. The molecule has 0 aliphatic rings. The fourth-order valence-electron chi connectivity index (χ4n) is 4.29. The van der Waals surface area contributed by atoms with E-state index < -0.39 is 34.1 Å². The van der Waals surface area contributed by atoms with Crippen molar-refractivity contribution in [1.29, 1.82) is 5.26 Å². The summed E-state index contributed by atoms with van der Waals surface area (Å²) >= 11 is 0. The zero-order chi connectivity index (χ0) is 28.9. The predicted molar refractivity (Wildman–Crippen MR) is 144 cm³/mol. The van der Waals surface area contributed by atoms with Crippen LogP contribution in [0.15, 0.2) is 72.9 Å². The lowest BCUT2D eigenvalue weighted by Crippen LogP contribution is -2.36. The summed E-state index contributed by atoms with van der Waals surface area (Å²) in [7, 11) is -3.44. The Balaban J connectivity index is 1.64. The topological polar surface area (TPSA) is 124 Å². The number of sulfonamides is 1. The zero-order valence-corrected chi connectivity index (χ0v) is 22.1. The molecule has 12 heteroatoms. The molecular formula is C28H25F3N4O4S. The van der Waals surface area contributed by atoms with Crippen LogP contribution in [0, 0.1) is 11.3 Å². The van der Waals surface area contributed by atoms with Gasteiger partial charge < -0.3 is 15.0 Å². The van der Waals surface area contributed by atoms with Gasteiger partial charge in [-0.2, -0.15) is 5.26 Å². The van der Waals surface area contributed by atoms with Crippen molar-refractivity contribution in [1.82, 2.24) is 15.0 Å². The number of fused-ring (bicyclic) bond motifs is 1. The number of aromatic amines is 1. The summed E-state index contributed by atoms with van der Waals surface area (Å²) < 4.78 is 68.9. The maximum absolute atomic E-state index is 13.3. The van der Waals surface area contributed by atoms with Gasteiger partial charge in [-0.3, -0.25) is 4.79 Å². The lowest BCUT2D eigenvalue weighted by Gasteiger charge is -2.19. The van der Waals surface area contributed by atoms with Crippen LogP contribution in [0.1, 0.15) is 27.9 Å². The number of amides is 1. The summed E-state index contributed by atoms with van der Waals surface area (Å²) in [5.74, 6) is -1.53. The number of para-hydroxylation sites is 1. The van der Waals surface area contributed by atoms with Crippen molar-refractivity contribution in [3.63, 3.8) is 0 Å². The van der Waals surface area contributed by atoms with Crippen LogP contribution in [0.4, 0.5) is 13.2 Å². The maximum atomic E-state index is 13.3. The first-order valence-electron chi connectivity index (χ1n) is 12.1. The quantitative estimate of drug-likeness (QED) is 0.247. The molecule has 1 unspecified atom stereocenters. The average Bonchev–Trinajstić information content (AvgIpc) is 3.29. The predicted octanol–water partition coefficient (Wildman–Crippen LogP) is 5.04. The summed E-state index contributed by atoms with van der Waals surface area (Å²) in [6.45, 7) is 0.0129. The van der Waals surface area contributed by atoms with Gasteiger partial charge in [0.15, 0.2) is 0 Å². The highest BCUT2D eigenvalue weighted by molar-refractivity contribution is 7.88. The number of carbonyl (C=O) groups excluding carboxylic acids is 1. The molecule has 1 amide bonds. The standard InChI is InChI=1S/C28H25F3N4O4S/c1-40(37,38)34-16-18-5-4-6-19(13-18)20-9-10-26(39-28(29,30)31)24(15-20)27(36)35-22(11-12-32)14-21-17-33-25-8-3-2-7-23(21)25/h2-10,13,15,17,22,33-34H,11,14,16H2,1H3,(H,35,36). The van der Waals surface area contributed by atoms with Crippen LogP contribution in [-0.2, 0) is 23.0 Å². The molecule has 0 radical (unpaired) electrons. The van der Waals surface area contributed by atoms with Crippen LogP contribution < -0.4 is 14.8 Å². The van der Waals surface area contributed by atoms with Gasteiger partial charge in [0.2, 0.25) is 10.0 Å². The monoisotopic (exact) mass is 570 g/mol. The Hall–Kier alpha value is -4.34. The first kappa shape index (κ1) is 28.7. The van der Waals surface area contributed by atoms with E-state index in [1.165, 1.54) is 12.1 Å². The van der Waals surface area contributed by atoms with Gasteiger partial charge in [-0.25, -0.2) is 13.1 Å². The van der Waals surface area contributed by atoms with E-state index in [4.69, 9.17) is 0 Å². The van der Waals surface area contributed by atoms with Gasteiger partial charge in [0.1, 0.15) is 5.75 Å². The molecule has 0 aliphatic heterocycles. The van der Waals surface area contributed by atoms with Gasteiger partial charge in [-0.1, -0.05) is 42.5 Å². The third-order valence-corrected chi connectivity index (χ3v) is 6.73. The van der Waals surface area contributed by atoms with Gasteiger partial charge in [0.05, 0.1) is 24.3 Å². The normalized spacial score (nSPS) is 12.6. The van der Waals surface area contributed by atoms with E-state index in [9.17, 15) is 31.6 Å². The largest absolute Gasteiger partial charge is 0.573 e. The molecule has 3 aromatic carbocycles. The van der Waals surface area contributed by atoms with Crippen molar-refractivity contribution in [3.8, 4) is 22.9 Å². The molecule has 0 saturated heterocycles. The molecule has 1 atom stereocenters. The van der Waals surface area contributed by atoms with Gasteiger partial charge in [-0.15, -0.1) is 13.2 Å².